The molecular weight excluding hydrogens is 377 g/mol. The van der Waals surface area contributed by atoms with Crippen LogP contribution in [0, 0.1) is 5.82 Å². The highest BCUT2D eigenvalue weighted by Gasteiger charge is 2.20. The Kier molecular flexibility index (Phi) is 6.71. The van der Waals surface area contributed by atoms with E-state index in [4.69, 9.17) is 4.74 Å². The molecule has 1 unspecified atom stereocenters. The van der Waals surface area contributed by atoms with Gasteiger partial charge in [0.1, 0.15) is 23.4 Å². The Balaban J connectivity index is 1.62. The van der Waals surface area contributed by atoms with Crippen molar-refractivity contribution in [1.29, 1.82) is 0 Å². The number of nitrogens with one attached hydrogen (secondary N) is 1. The van der Waals surface area contributed by atoms with Crippen molar-refractivity contribution < 1.29 is 13.9 Å². The van der Waals surface area contributed by atoms with Crippen LogP contribution in [-0.4, -0.2) is 28.3 Å². The molecule has 1 heterocycles. The summed E-state index contributed by atoms with van der Waals surface area (Å²) in [5.41, 5.74) is 0.784. The third-order valence-electron chi connectivity index (χ3n) is 4.28. The van der Waals surface area contributed by atoms with Crippen LogP contribution in [0.2, 0.25) is 0 Å². The van der Waals surface area contributed by atoms with Gasteiger partial charge in [-0.15, -0.1) is 11.8 Å². The van der Waals surface area contributed by atoms with E-state index in [1.807, 2.05) is 42.1 Å². The fourth-order valence-corrected chi connectivity index (χ4v) is 3.63. The minimum absolute atomic E-state index is 0.0849. The summed E-state index contributed by atoms with van der Waals surface area (Å²) in [4.78, 5) is 18.0. The standard InChI is InChI=1S/C21H22FN3O2S/c1-25-13-12-23-21(25)20(15-3-5-16(22)6-4-15)24-19(26)11-14-28-18-9-7-17(27-2)8-10-18/h3-10,12-13,20H,11,14H2,1-2H3,(H,24,26). The summed E-state index contributed by atoms with van der Waals surface area (Å²) >= 11 is 1.61. The molecule has 1 N–H and O–H groups in total. The molecule has 7 heteroatoms. The Morgan fingerprint density at radius 3 is 2.54 bits per heavy atom. The molecule has 0 aliphatic carbocycles. The fraction of sp³-hybridized carbons (Fsp3) is 0.238. The smallest absolute Gasteiger partial charge is 0.221 e. The highest BCUT2D eigenvalue weighted by atomic mass is 32.2. The lowest BCUT2D eigenvalue weighted by atomic mass is 10.1. The molecule has 3 aromatic rings. The van der Waals surface area contributed by atoms with Crippen LogP contribution in [0.25, 0.3) is 0 Å². The molecular formula is C21H22FN3O2S. The number of hydrogen-bond donors (Lipinski definition) is 1. The van der Waals surface area contributed by atoms with Gasteiger partial charge in [-0.25, -0.2) is 9.37 Å². The fourth-order valence-electron chi connectivity index (χ4n) is 2.77. The second-order valence-electron chi connectivity index (χ2n) is 6.22. The van der Waals surface area contributed by atoms with Crippen molar-refractivity contribution in [2.45, 2.75) is 17.4 Å². The molecule has 2 aromatic carbocycles. The molecule has 5 nitrogen and oxygen atoms in total. The molecule has 146 valence electrons. The van der Waals surface area contributed by atoms with Crippen molar-refractivity contribution in [2.75, 3.05) is 12.9 Å². The van der Waals surface area contributed by atoms with Gasteiger partial charge in [0.25, 0.3) is 0 Å². The van der Waals surface area contributed by atoms with Gasteiger partial charge in [-0.05, 0) is 42.0 Å². The number of ether oxygens (including phenoxy) is 1. The lowest BCUT2D eigenvalue weighted by molar-refractivity contribution is -0.121. The molecule has 1 amide bonds. The summed E-state index contributed by atoms with van der Waals surface area (Å²) in [6.07, 6.45) is 3.86. The molecule has 0 saturated heterocycles. The molecule has 28 heavy (non-hydrogen) atoms. The van der Waals surface area contributed by atoms with Crippen molar-refractivity contribution in [2.24, 2.45) is 7.05 Å². The van der Waals surface area contributed by atoms with Crippen molar-refractivity contribution in [3.63, 3.8) is 0 Å². The van der Waals surface area contributed by atoms with E-state index in [1.54, 1.807) is 37.2 Å². The maximum Gasteiger partial charge on any atom is 0.221 e. The van der Waals surface area contributed by atoms with Crippen molar-refractivity contribution in [3.05, 3.63) is 78.1 Å². The number of rotatable bonds is 8. The van der Waals surface area contributed by atoms with E-state index in [0.717, 1.165) is 16.2 Å². The molecule has 0 bridgehead atoms. The Bertz CT molecular complexity index is 910. The summed E-state index contributed by atoms with van der Waals surface area (Å²) in [6.45, 7) is 0. The normalized spacial score (nSPS) is 11.8. The summed E-state index contributed by atoms with van der Waals surface area (Å²) in [5.74, 6) is 1.75. The van der Waals surface area contributed by atoms with Crippen LogP contribution in [0.1, 0.15) is 23.9 Å². The third-order valence-corrected chi connectivity index (χ3v) is 5.30. The van der Waals surface area contributed by atoms with Gasteiger partial charge in [0.15, 0.2) is 0 Å². The van der Waals surface area contributed by atoms with Crippen LogP contribution < -0.4 is 10.1 Å². The van der Waals surface area contributed by atoms with Crippen LogP contribution in [0.15, 0.2) is 65.8 Å². The minimum atomic E-state index is -0.431. The largest absolute Gasteiger partial charge is 0.497 e. The topological polar surface area (TPSA) is 56.1 Å². The van der Waals surface area contributed by atoms with E-state index in [9.17, 15) is 9.18 Å². The van der Waals surface area contributed by atoms with Gasteiger partial charge in [0, 0.05) is 36.5 Å². The molecule has 0 saturated carbocycles. The maximum absolute atomic E-state index is 13.3. The molecule has 0 aliphatic rings. The molecule has 0 aliphatic heterocycles. The lowest BCUT2D eigenvalue weighted by Gasteiger charge is -2.19. The minimum Gasteiger partial charge on any atom is -0.497 e. The zero-order valence-electron chi connectivity index (χ0n) is 15.8. The van der Waals surface area contributed by atoms with Gasteiger partial charge in [0.05, 0.1) is 7.11 Å². The van der Waals surface area contributed by atoms with E-state index in [0.29, 0.717) is 18.0 Å². The first kappa shape index (κ1) is 19.9. The second kappa shape index (κ2) is 9.41. The third kappa shape index (κ3) is 5.13. The number of halogens is 1. The highest BCUT2D eigenvalue weighted by Crippen LogP contribution is 2.23. The van der Waals surface area contributed by atoms with Crippen molar-refractivity contribution in [1.82, 2.24) is 14.9 Å². The summed E-state index contributed by atoms with van der Waals surface area (Å²) < 4.78 is 20.3. The highest BCUT2D eigenvalue weighted by molar-refractivity contribution is 7.99. The number of imidazole rings is 1. The molecule has 0 fully saturated rings. The first-order valence-electron chi connectivity index (χ1n) is 8.85. The van der Waals surface area contributed by atoms with E-state index in [1.165, 1.54) is 12.1 Å². The van der Waals surface area contributed by atoms with Gasteiger partial charge in [0.2, 0.25) is 5.91 Å². The number of methoxy groups -OCH3 is 1. The summed E-state index contributed by atoms with van der Waals surface area (Å²) in [7, 11) is 3.50. The number of nitrogens with zero attached hydrogens (tertiary/aromatic N) is 2. The quantitative estimate of drug-likeness (QED) is 0.583. The van der Waals surface area contributed by atoms with Crippen molar-refractivity contribution in [3.8, 4) is 5.75 Å². The molecule has 1 aromatic heterocycles. The Morgan fingerprint density at radius 2 is 1.93 bits per heavy atom. The zero-order valence-corrected chi connectivity index (χ0v) is 16.6. The number of thioether (sulfide) groups is 1. The number of aromatic nitrogens is 2. The number of amides is 1. The number of aryl methyl sites for hydroxylation is 1. The Hall–Kier alpha value is -2.80. The van der Waals surface area contributed by atoms with Gasteiger partial charge < -0.3 is 14.6 Å². The van der Waals surface area contributed by atoms with Crippen LogP contribution in [-0.2, 0) is 11.8 Å². The van der Waals surface area contributed by atoms with Crippen molar-refractivity contribution >= 4 is 17.7 Å². The maximum atomic E-state index is 13.3. The van der Waals surface area contributed by atoms with Crippen LogP contribution in [0.4, 0.5) is 4.39 Å². The first-order valence-corrected chi connectivity index (χ1v) is 9.84. The predicted octanol–water partition coefficient (Wildman–Crippen LogP) is 3.96. The SMILES string of the molecule is COc1ccc(SCCC(=O)NC(c2ccc(F)cc2)c2nccn2C)cc1. The molecule has 3 rings (SSSR count). The lowest BCUT2D eigenvalue weighted by Crippen LogP contribution is -2.31. The number of carbonyl (C=O) groups is 1. The predicted molar refractivity (Wildman–Crippen MR) is 108 cm³/mol. The molecule has 0 radical (unpaired) electrons. The van der Waals surface area contributed by atoms with E-state index >= 15 is 0 Å². The van der Waals surface area contributed by atoms with E-state index in [2.05, 4.69) is 10.3 Å². The number of benzene rings is 2. The van der Waals surface area contributed by atoms with E-state index < -0.39 is 6.04 Å². The summed E-state index contributed by atoms with van der Waals surface area (Å²) in [6, 6.07) is 13.4. The zero-order chi connectivity index (χ0) is 19.9. The monoisotopic (exact) mass is 399 g/mol. The van der Waals surface area contributed by atoms with Crippen LogP contribution in [0.5, 0.6) is 5.75 Å². The Labute approximate surface area is 167 Å². The molecule has 1 atom stereocenters. The number of carbonyl (C=O) groups excluding carboxylic acids is 1. The van der Waals surface area contributed by atoms with Gasteiger partial charge in [-0.1, -0.05) is 12.1 Å². The second-order valence-corrected chi connectivity index (χ2v) is 7.39. The van der Waals surface area contributed by atoms with Crippen LogP contribution >= 0.6 is 11.8 Å². The molecule has 0 spiro atoms. The van der Waals surface area contributed by atoms with Crippen LogP contribution in [0.3, 0.4) is 0 Å². The Morgan fingerprint density at radius 1 is 1.21 bits per heavy atom. The average molecular weight is 399 g/mol. The summed E-state index contributed by atoms with van der Waals surface area (Å²) in [5, 5.41) is 3.02. The van der Waals surface area contributed by atoms with Gasteiger partial charge in [-0.3, -0.25) is 4.79 Å². The number of hydrogen-bond acceptors (Lipinski definition) is 4. The van der Waals surface area contributed by atoms with Gasteiger partial charge in [-0.2, -0.15) is 0 Å². The van der Waals surface area contributed by atoms with Gasteiger partial charge >= 0.3 is 0 Å². The average Bonchev–Trinajstić information content (AvgIpc) is 3.13. The van der Waals surface area contributed by atoms with E-state index in [-0.39, 0.29) is 11.7 Å². The first-order chi connectivity index (χ1) is 13.6.